The van der Waals surface area contributed by atoms with Crippen molar-refractivity contribution in [3.05, 3.63) is 12.2 Å². The SMILES string of the molecule is C=C(C)C(=O)O.CCCCOCCOCC. The first-order chi connectivity index (χ1) is 7.56. The topological polar surface area (TPSA) is 55.8 Å². The van der Waals surface area contributed by atoms with Crippen LogP contribution in [0.15, 0.2) is 12.2 Å². The van der Waals surface area contributed by atoms with Crippen molar-refractivity contribution < 1.29 is 19.4 Å². The van der Waals surface area contributed by atoms with E-state index in [2.05, 4.69) is 13.5 Å². The van der Waals surface area contributed by atoms with Crippen molar-refractivity contribution >= 4 is 5.97 Å². The molecule has 0 fully saturated rings. The molecule has 0 saturated heterocycles. The Balaban J connectivity index is 0. The molecular weight excluding hydrogens is 208 g/mol. The lowest BCUT2D eigenvalue weighted by molar-refractivity contribution is -0.132. The highest BCUT2D eigenvalue weighted by Crippen LogP contribution is 1.87. The van der Waals surface area contributed by atoms with Crippen molar-refractivity contribution in [3.63, 3.8) is 0 Å². The molecule has 0 spiro atoms. The van der Waals surface area contributed by atoms with E-state index in [0.717, 1.165) is 32.8 Å². The zero-order chi connectivity index (χ0) is 12.8. The van der Waals surface area contributed by atoms with E-state index >= 15 is 0 Å². The minimum atomic E-state index is -0.935. The zero-order valence-electron chi connectivity index (χ0n) is 10.6. The molecule has 16 heavy (non-hydrogen) atoms. The number of rotatable bonds is 8. The van der Waals surface area contributed by atoms with Gasteiger partial charge in [0.05, 0.1) is 13.2 Å². The molecule has 96 valence electrons. The Morgan fingerprint density at radius 1 is 1.19 bits per heavy atom. The largest absolute Gasteiger partial charge is 0.478 e. The minimum absolute atomic E-state index is 0.176. The fraction of sp³-hybridized carbons (Fsp3) is 0.750. The number of carbonyl (C=O) groups is 1. The number of carboxylic acid groups (broad SMARTS) is 1. The molecule has 0 radical (unpaired) electrons. The molecule has 1 N–H and O–H groups in total. The first-order valence-electron chi connectivity index (χ1n) is 5.60. The summed E-state index contributed by atoms with van der Waals surface area (Å²) in [5, 5.41) is 7.89. The van der Waals surface area contributed by atoms with E-state index in [1.54, 1.807) is 0 Å². The van der Waals surface area contributed by atoms with Crippen molar-refractivity contribution in [2.75, 3.05) is 26.4 Å². The van der Waals surface area contributed by atoms with Crippen molar-refractivity contribution in [1.29, 1.82) is 0 Å². The van der Waals surface area contributed by atoms with Crippen LogP contribution >= 0.6 is 0 Å². The number of aliphatic carboxylic acids is 1. The third kappa shape index (κ3) is 18.8. The van der Waals surface area contributed by atoms with Gasteiger partial charge in [0.15, 0.2) is 0 Å². The summed E-state index contributed by atoms with van der Waals surface area (Å²) < 4.78 is 10.3. The van der Waals surface area contributed by atoms with Crippen LogP contribution in [0.3, 0.4) is 0 Å². The van der Waals surface area contributed by atoms with Crippen molar-refractivity contribution in [2.45, 2.75) is 33.6 Å². The third-order valence-electron chi connectivity index (χ3n) is 1.58. The first-order valence-corrected chi connectivity index (χ1v) is 5.60. The Bertz CT molecular complexity index is 158. The van der Waals surface area contributed by atoms with Crippen LogP contribution in [0.25, 0.3) is 0 Å². The second-order valence-electron chi connectivity index (χ2n) is 3.25. The molecular formula is C12H24O4. The Morgan fingerprint density at radius 3 is 2.06 bits per heavy atom. The van der Waals surface area contributed by atoms with Crippen LogP contribution < -0.4 is 0 Å². The predicted octanol–water partition coefficient (Wildman–Crippen LogP) is 2.49. The van der Waals surface area contributed by atoms with Gasteiger partial charge in [-0.3, -0.25) is 0 Å². The minimum Gasteiger partial charge on any atom is -0.478 e. The highest BCUT2D eigenvalue weighted by atomic mass is 16.5. The van der Waals surface area contributed by atoms with E-state index in [0.29, 0.717) is 0 Å². The van der Waals surface area contributed by atoms with Gasteiger partial charge in [-0.2, -0.15) is 0 Å². The Morgan fingerprint density at radius 2 is 1.69 bits per heavy atom. The van der Waals surface area contributed by atoms with E-state index in [1.165, 1.54) is 13.3 Å². The second-order valence-corrected chi connectivity index (χ2v) is 3.25. The summed E-state index contributed by atoms with van der Waals surface area (Å²) in [6.07, 6.45) is 2.36. The maximum absolute atomic E-state index is 9.60. The van der Waals surface area contributed by atoms with Gasteiger partial charge in [0.1, 0.15) is 0 Å². The molecule has 0 rings (SSSR count). The van der Waals surface area contributed by atoms with Gasteiger partial charge in [-0.15, -0.1) is 0 Å². The third-order valence-corrected chi connectivity index (χ3v) is 1.58. The molecule has 0 amide bonds. The maximum Gasteiger partial charge on any atom is 0.330 e. The maximum atomic E-state index is 9.60. The normalized spacial score (nSPS) is 9.19. The average molecular weight is 232 g/mol. The van der Waals surface area contributed by atoms with Crippen LogP contribution in [0.4, 0.5) is 0 Å². The standard InChI is InChI=1S/C8H18O2.C4H6O2/c1-3-5-6-10-8-7-9-4-2;1-3(2)4(5)6/h3-8H2,1-2H3;1H2,2H3,(H,5,6). The lowest BCUT2D eigenvalue weighted by Gasteiger charge is -2.02. The summed E-state index contributed by atoms with van der Waals surface area (Å²) in [6, 6.07) is 0. The van der Waals surface area contributed by atoms with Gasteiger partial charge >= 0.3 is 5.97 Å². The van der Waals surface area contributed by atoms with Gasteiger partial charge < -0.3 is 14.6 Å². The van der Waals surface area contributed by atoms with Gasteiger partial charge in [0, 0.05) is 18.8 Å². The molecule has 0 aromatic carbocycles. The number of unbranched alkanes of at least 4 members (excludes halogenated alkanes) is 1. The van der Waals surface area contributed by atoms with Gasteiger partial charge in [-0.1, -0.05) is 19.9 Å². The van der Waals surface area contributed by atoms with E-state index in [1.807, 2.05) is 6.92 Å². The van der Waals surface area contributed by atoms with Crippen LogP contribution in [0.1, 0.15) is 33.6 Å². The summed E-state index contributed by atoms with van der Waals surface area (Å²) in [5.74, 6) is -0.935. The molecule has 0 heterocycles. The van der Waals surface area contributed by atoms with Crippen LogP contribution in [-0.2, 0) is 14.3 Å². The molecule has 4 nitrogen and oxygen atoms in total. The van der Waals surface area contributed by atoms with E-state index in [-0.39, 0.29) is 5.57 Å². The number of ether oxygens (including phenoxy) is 2. The highest BCUT2D eigenvalue weighted by Gasteiger charge is 1.90. The van der Waals surface area contributed by atoms with Gasteiger partial charge in [0.2, 0.25) is 0 Å². The molecule has 0 saturated carbocycles. The molecule has 4 heteroatoms. The number of carboxylic acids is 1. The molecule has 0 aromatic rings. The Labute approximate surface area is 98.3 Å². The molecule has 0 aliphatic carbocycles. The highest BCUT2D eigenvalue weighted by molar-refractivity contribution is 5.84. The average Bonchev–Trinajstić information content (AvgIpc) is 2.24. The van der Waals surface area contributed by atoms with Crippen LogP contribution in [0, 0.1) is 0 Å². The smallest absolute Gasteiger partial charge is 0.330 e. The summed E-state index contributed by atoms with van der Waals surface area (Å²) >= 11 is 0. The van der Waals surface area contributed by atoms with E-state index < -0.39 is 5.97 Å². The molecule has 0 unspecified atom stereocenters. The lowest BCUT2D eigenvalue weighted by atomic mass is 10.4. The summed E-state index contributed by atoms with van der Waals surface area (Å²) in [4.78, 5) is 9.60. The quantitative estimate of drug-likeness (QED) is 0.516. The van der Waals surface area contributed by atoms with Crippen molar-refractivity contribution in [2.24, 2.45) is 0 Å². The van der Waals surface area contributed by atoms with E-state index in [9.17, 15) is 4.79 Å². The molecule has 0 aromatic heterocycles. The van der Waals surface area contributed by atoms with Crippen molar-refractivity contribution in [1.82, 2.24) is 0 Å². The monoisotopic (exact) mass is 232 g/mol. The second kappa shape index (κ2) is 14.1. The predicted molar refractivity (Wildman–Crippen MR) is 64.7 cm³/mol. The van der Waals surface area contributed by atoms with Crippen LogP contribution in [-0.4, -0.2) is 37.5 Å². The molecule has 0 aliphatic heterocycles. The van der Waals surface area contributed by atoms with Gasteiger partial charge in [-0.25, -0.2) is 4.79 Å². The van der Waals surface area contributed by atoms with Crippen LogP contribution in [0.2, 0.25) is 0 Å². The van der Waals surface area contributed by atoms with Gasteiger partial charge in [0.25, 0.3) is 0 Å². The fourth-order valence-electron chi connectivity index (χ4n) is 0.611. The summed E-state index contributed by atoms with van der Waals surface area (Å²) in [6.45, 7) is 11.9. The zero-order valence-corrected chi connectivity index (χ0v) is 10.6. The summed E-state index contributed by atoms with van der Waals surface area (Å²) in [7, 11) is 0. The Kier molecular flexibility index (Phi) is 15.5. The number of hydrogen-bond acceptors (Lipinski definition) is 3. The van der Waals surface area contributed by atoms with E-state index in [4.69, 9.17) is 14.6 Å². The molecule has 0 atom stereocenters. The summed E-state index contributed by atoms with van der Waals surface area (Å²) in [5.41, 5.74) is 0.176. The van der Waals surface area contributed by atoms with Crippen molar-refractivity contribution in [3.8, 4) is 0 Å². The molecule has 0 bridgehead atoms. The fourth-order valence-corrected chi connectivity index (χ4v) is 0.611. The van der Waals surface area contributed by atoms with Crippen LogP contribution in [0.5, 0.6) is 0 Å². The Hall–Kier alpha value is -0.870. The lowest BCUT2D eigenvalue weighted by Crippen LogP contribution is -2.04. The molecule has 0 aliphatic rings. The number of hydrogen-bond donors (Lipinski definition) is 1. The first kappa shape index (κ1) is 17.5. The van der Waals surface area contributed by atoms with Gasteiger partial charge in [-0.05, 0) is 20.3 Å².